The number of carbonyl (C=O) groups excluding carboxylic acids is 2. The largest absolute Gasteiger partial charge is 0.497 e. The van der Waals surface area contributed by atoms with E-state index in [0.717, 1.165) is 0 Å². The maximum atomic E-state index is 12.8. The van der Waals surface area contributed by atoms with E-state index in [1.54, 1.807) is 23.1 Å². The Bertz CT molecular complexity index is 875. The van der Waals surface area contributed by atoms with Crippen molar-refractivity contribution in [2.75, 3.05) is 40.4 Å². The molecular formula is C19H20N2O7. The predicted octanol–water partition coefficient (Wildman–Crippen LogP) is 1.59. The minimum Gasteiger partial charge on any atom is -0.497 e. The Morgan fingerprint density at radius 3 is 1.82 bits per heavy atom. The Morgan fingerprint density at radius 2 is 1.36 bits per heavy atom. The number of nitrogens with zero attached hydrogens (tertiary/aromatic N) is 2. The molecule has 1 aromatic heterocycles. The first-order valence-corrected chi connectivity index (χ1v) is 8.57. The van der Waals surface area contributed by atoms with Crippen LogP contribution in [-0.2, 0) is 0 Å². The number of amides is 2. The van der Waals surface area contributed by atoms with Crippen LogP contribution in [0.2, 0.25) is 0 Å². The Kier molecular flexibility index (Phi) is 5.53. The zero-order valence-electron chi connectivity index (χ0n) is 15.5. The third-order valence-electron chi connectivity index (χ3n) is 4.48. The number of carboxylic acids is 1. The molecule has 0 aliphatic carbocycles. The Hall–Kier alpha value is -3.49. The van der Waals surface area contributed by atoms with Gasteiger partial charge in [0.15, 0.2) is 5.76 Å². The van der Waals surface area contributed by atoms with E-state index in [1.165, 1.54) is 31.3 Å². The van der Waals surface area contributed by atoms with E-state index in [9.17, 15) is 14.4 Å². The highest BCUT2D eigenvalue weighted by Gasteiger charge is 2.28. The predicted molar refractivity (Wildman–Crippen MR) is 97.0 cm³/mol. The number of hydrogen-bond donors (Lipinski definition) is 1. The van der Waals surface area contributed by atoms with Crippen LogP contribution in [0.1, 0.15) is 31.5 Å². The lowest BCUT2D eigenvalue weighted by molar-refractivity contribution is 0.0512. The molecule has 148 valence electrons. The van der Waals surface area contributed by atoms with Gasteiger partial charge >= 0.3 is 5.97 Å². The normalized spacial score (nSPS) is 13.9. The first-order chi connectivity index (χ1) is 13.4. The summed E-state index contributed by atoms with van der Waals surface area (Å²) in [6, 6.07) is 7.54. The second-order valence-corrected chi connectivity index (χ2v) is 6.15. The van der Waals surface area contributed by atoms with Crippen LogP contribution < -0.4 is 9.47 Å². The number of carbonyl (C=O) groups is 3. The molecule has 1 aliphatic rings. The van der Waals surface area contributed by atoms with Crippen LogP contribution in [-0.4, -0.2) is 73.1 Å². The zero-order valence-corrected chi connectivity index (χ0v) is 15.5. The van der Waals surface area contributed by atoms with Crippen molar-refractivity contribution in [3.05, 3.63) is 47.4 Å². The van der Waals surface area contributed by atoms with Gasteiger partial charge in [-0.15, -0.1) is 0 Å². The van der Waals surface area contributed by atoms with Gasteiger partial charge in [0.1, 0.15) is 11.5 Å². The van der Waals surface area contributed by atoms with Gasteiger partial charge in [0, 0.05) is 37.8 Å². The summed E-state index contributed by atoms with van der Waals surface area (Å²) < 4.78 is 15.4. The van der Waals surface area contributed by atoms with Crippen LogP contribution >= 0.6 is 0 Å². The molecule has 3 rings (SSSR count). The van der Waals surface area contributed by atoms with Crippen molar-refractivity contribution in [2.45, 2.75) is 0 Å². The Balaban J connectivity index is 1.65. The number of furan rings is 1. The van der Waals surface area contributed by atoms with Gasteiger partial charge in [0.25, 0.3) is 11.8 Å². The van der Waals surface area contributed by atoms with Crippen LogP contribution in [0.4, 0.5) is 0 Å². The molecule has 2 heterocycles. The van der Waals surface area contributed by atoms with Crippen molar-refractivity contribution in [1.82, 2.24) is 9.80 Å². The monoisotopic (exact) mass is 388 g/mol. The molecule has 9 heteroatoms. The maximum Gasteiger partial charge on any atom is 0.371 e. The summed E-state index contributed by atoms with van der Waals surface area (Å²) in [5.41, 5.74) is 0.438. The molecule has 1 N–H and O–H groups in total. The van der Waals surface area contributed by atoms with Crippen LogP contribution in [0, 0.1) is 0 Å². The first kappa shape index (κ1) is 19.3. The van der Waals surface area contributed by atoms with Gasteiger partial charge in [-0.3, -0.25) is 9.59 Å². The SMILES string of the molecule is COc1cc(OC)cc(C(=O)N2CCN(C(=O)c3ccc(C(=O)O)o3)CC2)c1. The molecule has 9 nitrogen and oxygen atoms in total. The minimum atomic E-state index is -1.23. The molecule has 2 amide bonds. The standard InChI is InChI=1S/C19H20N2O7/c1-26-13-9-12(10-14(11-13)27-2)17(22)20-5-7-21(8-6-20)18(23)15-3-4-16(28-15)19(24)25/h3-4,9-11H,5-8H2,1-2H3,(H,24,25). The summed E-state index contributed by atoms with van der Waals surface area (Å²) in [4.78, 5) is 39.3. The number of aromatic carboxylic acids is 1. The summed E-state index contributed by atoms with van der Waals surface area (Å²) in [6.07, 6.45) is 0. The summed E-state index contributed by atoms with van der Waals surface area (Å²) in [5.74, 6) is -1.10. The van der Waals surface area contributed by atoms with Crippen molar-refractivity contribution in [2.24, 2.45) is 0 Å². The second-order valence-electron chi connectivity index (χ2n) is 6.15. The maximum absolute atomic E-state index is 12.8. The van der Waals surface area contributed by atoms with Crippen LogP contribution in [0.25, 0.3) is 0 Å². The van der Waals surface area contributed by atoms with E-state index in [-0.39, 0.29) is 17.4 Å². The number of piperazine rings is 1. The van der Waals surface area contributed by atoms with Gasteiger partial charge in [-0.05, 0) is 24.3 Å². The van der Waals surface area contributed by atoms with E-state index < -0.39 is 11.9 Å². The molecule has 1 saturated heterocycles. The molecule has 1 aliphatic heterocycles. The highest BCUT2D eigenvalue weighted by atomic mass is 16.5. The third kappa shape index (κ3) is 3.93. The van der Waals surface area contributed by atoms with Crippen LogP contribution in [0.3, 0.4) is 0 Å². The smallest absolute Gasteiger partial charge is 0.371 e. The Morgan fingerprint density at radius 1 is 0.857 bits per heavy atom. The van der Waals surface area contributed by atoms with Gasteiger partial charge in [-0.25, -0.2) is 4.79 Å². The number of benzene rings is 1. The van der Waals surface area contributed by atoms with Crippen LogP contribution in [0.5, 0.6) is 11.5 Å². The quantitative estimate of drug-likeness (QED) is 0.828. The summed E-state index contributed by atoms with van der Waals surface area (Å²) in [5, 5.41) is 8.89. The molecule has 1 fully saturated rings. The molecule has 0 saturated carbocycles. The van der Waals surface area contributed by atoms with Gasteiger partial charge < -0.3 is 28.8 Å². The molecule has 0 spiro atoms. The second kappa shape index (κ2) is 8.03. The molecule has 0 atom stereocenters. The highest BCUT2D eigenvalue weighted by Crippen LogP contribution is 2.24. The van der Waals surface area contributed by atoms with Crippen molar-refractivity contribution >= 4 is 17.8 Å². The molecule has 0 bridgehead atoms. The number of rotatable bonds is 5. The average Bonchev–Trinajstić information content (AvgIpc) is 3.23. The minimum absolute atomic E-state index is 0.0327. The number of carboxylic acid groups (broad SMARTS) is 1. The topological polar surface area (TPSA) is 110 Å². The summed E-state index contributed by atoms with van der Waals surface area (Å²) in [7, 11) is 3.02. The molecule has 0 unspecified atom stereocenters. The summed E-state index contributed by atoms with van der Waals surface area (Å²) >= 11 is 0. The van der Waals surface area contributed by atoms with Crippen molar-refractivity contribution in [1.29, 1.82) is 0 Å². The third-order valence-corrected chi connectivity index (χ3v) is 4.48. The molecular weight excluding hydrogens is 368 g/mol. The summed E-state index contributed by atoms with van der Waals surface area (Å²) in [6.45, 7) is 1.32. The van der Waals surface area contributed by atoms with E-state index in [2.05, 4.69) is 0 Å². The van der Waals surface area contributed by atoms with Gasteiger partial charge in [-0.1, -0.05) is 0 Å². The van der Waals surface area contributed by atoms with E-state index in [0.29, 0.717) is 43.2 Å². The van der Waals surface area contributed by atoms with Crippen molar-refractivity contribution in [3.8, 4) is 11.5 Å². The van der Waals surface area contributed by atoms with E-state index >= 15 is 0 Å². The van der Waals surface area contributed by atoms with E-state index in [4.69, 9.17) is 19.0 Å². The molecule has 28 heavy (non-hydrogen) atoms. The van der Waals surface area contributed by atoms with E-state index in [1.807, 2.05) is 0 Å². The average molecular weight is 388 g/mol. The number of methoxy groups -OCH3 is 2. The molecule has 1 aromatic carbocycles. The van der Waals surface area contributed by atoms with Crippen LogP contribution in [0.15, 0.2) is 34.7 Å². The molecule has 0 radical (unpaired) electrons. The molecule has 2 aromatic rings. The number of hydrogen-bond acceptors (Lipinski definition) is 6. The highest BCUT2D eigenvalue weighted by molar-refractivity contribution is 5.96. The number of ether oxygens (including phenoxy) is 2. The van der Waals surface area contributed by atoms with Gasteiger partial charge in [0.05, 0.1) is 14.2 Å². The lowest BCUT2D eigenvalue weighted by Gasteiger charge is -2.34. The van der Waals surface area contributed by atoms with Crippen molar-refractivity contribution < 1.29 is 33.4 Å². The first-order valence-electron chi connectivity index (χ1n) is 8.57. The fourth-order valence-corrected chi connectivity index (χ4v) is 2.95. The van der Waals surface area contributed by atoms with Crippen molar-refractivity contribution in [3.63, 3.8) is 0 Å². The van der Waals surface area contributed by atoms with Gasteiger partial charge in [0.2, 0.25) is 5.76 Å². The fraction of sp³-hybridized carbons (Fsp3) is 0.316. The van der Waals surface area contributed by atoms with Gasteiger partial charge in [-0.2, -0.15) is 0 Å². The zero-order chi connectivity index (χ0) is 20.3. The fourth-order valence-electron chi connectivity index (χ4n) is 2.95. The lowest BCUT2D eigenvalue weighted by Crippen LogP contribution is -2.50. The Labute approximate surface area is 161 Å². The lowest BCUT2D eigenvalue weighted by atomic mass is 10.1.